The van der Waals surface area contributed by atoms with Crippen LogP contribution in [0.1, 0.15) is 24.8 Å². The number of hydrogen-bond donors (Lipinski definition) is 2. The summed E-state index contributed by atoms with van der Waals surface area (Å²) < 4.78 is 5.76. The molecule has 100 valence electrons. The van der Waals surface area contributed by atoms with Gasteiger partial charge in [0.2, 0.25) is 0 Å². The van der Waals surface area contributed by atoms with Crippen LogP contribution in [-0.2, 0) is 6.42 Å². The molecule has 18 heavy (non-hydrogen) atoms. The Kier molecular flexibility index (Phi) is 5.49. The molecular weight excluding hydrogens is 226 g/mol. The summed E-state index contributed by atoms with van der Waals surface area (Å²) in [7, 11) is 0. The van der Waals surface area contributed by atoms with E-state index >= 15 is 0 Å². The van der Waals surface area contributed by atoms with Crippen LogP contribution in [0.25, 0.3) is 0 Å². The summed E-state index contributed by atoms with van der Waals surface area (Å²) in [5.41, 5.74) is 1.16. The minimum absolute atomic E-state index is 0.204. The van der Waals surface area contributed by atoms with Gasteiger partial charge in [0.05, 0.1) is 6.61 Å². The molecule has 0 atom stereocenters. The SMILES string of the molecule is OCCc1ccc(OCCC2CCNCC2)cc1. The van der Waals surface area contributed by atoms with Gasteiger partial charge in [-0.3, -0.25) is 0 Å². The molecule has 1 saturated heterocycles. The van der Waals surface area contributed by atoms with Crippen LogP contribution in [0.2, 0.25) is 0 Å². The van der Waals surface area contributed by atoms with E-state index in [4.69, 9.17) is 9.84 Å². The highest BCUT2D eigenvalue weighted by Gasteiger charge is 2.12. The molecular formula is C15H23NO2. The van der Waals surface area contributed by atoms with Gasteiger partial charge in [-0.1, -0.05) is 12.1 Å². The van der Waals surface area contributed by atoms with Crippen LogP contribution in [0.5, 0.6) is 5.75 Å². The Labute approximate surface area is 109 Å². The van der Waals surface area contributed by atoms with E-state index in [0.717, 1.165) is 49.8 Å². The monoisotopic (exact) mass is 249 g/mol. The number of ether oxygens (including phenoxy) is 1. The van der Waals surface area contributed by atoms with E-state index in [0.29, 0.717) is 0 Å². The largest absolute Gasteiger partial charge is 0.494 e. The minimum Gasteiger partial charge on any atom is -0.494 e. The lowest BCUT2D eigenvalue weighted by molar-refractivity contribution is 0.251. The smallest absolute Gasteiger partial charge is 0.119 e. The Balaban J connectivity index is 1.69. The van der Waals surface area contributed by atoms with Crippen LogP contribution < -0.4 is 10.1 Å². The van der Waals surface area contributed by atoms with Crippen molar-refractivity contribution in [3.63, 3.8) is 0 Å². The standard InChI is InChI=1S/C15H23NO2/c17-11-7-13-1-3-15(4-2-13)18-12-8-14-5-9-16-10-6-14/h1-4,14,16-17H,5-12H2. The number of benzene rings is 1. The molecule has 3 nitrogen and oxygen atoms in total. The second kappa shape index (κ2) is 7.39. The first kappa shape index (κ1) is 13.4. The van der Waals surface area contributed by atoms with Gasteiger partial charge in [0, 0.05) is 6.61 Å². The first-order valence-electron chi connectivity index (χ1n) is 6.92. The number of hydrogen-bond acceptors (Lipinski definition) is 3. The first-order valence-corrected chi connectivity index (χ1v) is 6.92. The number of piperidine rings is 1. The molecule has 1 heterocycles. The van der Waals surface area contributed by atoms with Crippen molar-refractivity contribution in [3.8, 4) is 5.75 Å². The number of aliphatic hydroxyl groups is 1. The average molecular weight is 249 g/mol. The van der Waals surface area contributed by atoms with Gasteiger partial charge in [-0.15, -0.1) is 0 Å². The van der Waals surface area contributed by atoms with Crippen molar-refractivity contribution in [1.29, 1.82) is 0 Å². The molecule has 0 spiro atoms. The lowest BCUT2D eigenvalue weighted by Crippen LogP contribution is -2.28. The lowest BCUT2D eigenvalue weighted by Gasteiger charge is -2.22. The maximum atomic E-state index is 8.84. The Bertz CT molecular complexity index is 331. The van der Waals surface area contributed by atoms with Crippen molar-refractivity contribution in [2.45, 2.75) is 25.7 Å². The van der Waals surface area contributed by atoms with Crippen molar-refractivity contribution in [1.82, 2.24) is 5.32 Å². The van der Waals surface area contributed by atoms with E-state index in [1.807, 2.05) is 24.3 Å². The van der Waals surface area contributed by atoms with Crippen molar-refractivity contribution < 1.29 is 9.84 Å². The average Bonchev–Trinajstić information content (AvgIpc) is 2.42. The predicted octanol–water partition coefficient (Wildman–Crippen LogP) is 1.99. The molecule has 0 bridgehead atoms. The van der Waals surface area contributed by atoms with Crippen LogP contribution >= 0.6 is 0 Å². The predicted molar refractivity (Wildman–Crippen MR) is 72.9 cm³/mol. The summed E-state index contributed by atoms with van der Waals surface area (Å²) in [5.74, 6) is 1.76. The Morgan fingerprint density at radius 2 is 1.89 bits per heavy atom. The van der Waals surface area contributed by atoms with Gasteiger partial charge in [0.15, 0.2) is 0 Å². The molecule has 0 radical (unpaired) electrons. The molecule has 0 aromatic heterocycles. The summed E-state index contributed by atoms with van der Waals surface area (Å²) in [6.07, 6.45) is 4.42. The van der Waals surface area contributed by atoms with E-state index < -0.39 is 0 Å². The van der Waals surface area contributed by atoms with Crippen molar-refractivity contribution in [2.24, 2.45) is 5.92 Å². The summed E-state index contributed by atoms with van der Waals surface area (Å²) in [5, 5.41) is 12.2. The number of nitrogens with one attached hydrogen (secondary N) is 1. The topological polar surface area (TPSA) is 41.5 Å². The number of rotatable bonds is 6. The molecule has 1 aliphatic rings. The third kappa shape index (κ3) is 4.31. The van der Waals surface area contributed by atoms with E-state index in [1.165, 1.54) is 12.8 Å². The van der Waals surface area contributed by atoms with Gasteiger partial charge < -0.3 is 15.2 Å². The second-order valence-corrected chi connectivity index (χ2v) is 4.95. The Hall–Kier alpha value is -1.06. The third-order valence-corrected chi connectivity index (χ3v) is 3.58. The van der Waals surface area contributed by atoms with Gasteiger partial charge in [-0.05, 0) is 62.4 Å². The maximum absolute atomic E-state index is 8.84. The van der Waals surface area contributed by atoms with Crippen LogP contribution in [0.4, 0.5) is 0 Å². The molecule has 0 saturated carbocycles. The van der Waals surface area contributed by atoms with E-state index in [1.54, 1.807) is 0 Å². The minimum atomic E-state index is 0.204. The fourth-order valence-corrected chi connectivity index (χ4v) is 2.40. The van der Waals surface area contributed by atoms with Crippen LogP contribution in [0.3, 0.4) is 0 Å². The Morgan fingerprint density at radius 1 is 1.17 bits per heavy atom. The molecule has 0 unspecified atom stereocenters. The maximum Gasteiger partial charge on any atom is 0.119 e. The first-order chi connectivity index (χ1) is 8.88. The van der Waals surface area contributed by atoms with Crippen molar-refractivity contribution in [3.05, 3.63) is 29.8 Å². The highest BCUT2D eigenvalue weighted by Crippen LogP contribution is 2.18. The van der Waals surface area contributed by atoms with E-state index in [2.05, 4.69) is 5.32 Å². The quantitative estimate of drug-likeness (QED) is 0.810. The van der Waals surface area contributed by atoms with Gasteiger partial charge in [-0.2, -0.15) is 0 Å². The molecule has 1 fully saturated rings. The normalized spacial score (nSPS) is 16.7. The van der Waals surface area contributed by atoms with Gasteiger partial charge >= 0.3 is 0 Å². The molecule has 1 aliphatic heterocycles. The highest BCUT2D eigenvalue weighted by atomic mass is 16.5. The Morgan fingerprint density at radius 3 is 2.56 bits per heavy atom. The summed E-state index contributed by atoms with van der Waals surface area (Å²) >= 11 is 0. The molecule has 0 amide bonds. The molecule has 2 rings (SSSR count). The third-order valence-electron chi connectivity index (χ3n) is 3.58. The molecule has 2 N–H and O–H groups in total. The molecule has 0 aliphatic carbocycles. The summed E-state index contributed by atoms with van der Waals surface area (Å²) in [6, 6.07) is 8.03. The zero-order valence-electron chi connectivity index (χ0n) is 10.9. The molecule has 3 heteroatoms. The lowest BCUT2D eigenvalue weighted by atomic mass is 9.95. The van der Waals surface area contributed by atoms with E-state index in [-0.39, 0.29) is 6.61 Å². The summed E-state index contributed by atoms with van der Waals surface area (Å²) in [6.45, 7) is 3.32. The van der Waals surface area contributed by atoms with Crippen LogP contribution in [0, 0.1) is 5.92 Å². The molecule has 1 aromatic carbocycles. The van der Waals surface area contributed by atoms with Gasteiger partial charge in [0.25, 0.3) is 0 Å². The van der Waals surface area contributed by atoms with Gasteiger partial charge in [0.1, 0.15) is 5.75 Å². The molecule has 1 aromatic rings. The van der Waals surface area contributed by atoms with Crippen LogP contribution in [-0.4, -0.2) is 31.4 Å². The van der Waals surface area contributed by atoms with E-state index in [9.17, 15) is 0 Å². The van der Waals surface area contributed by atoms with Gasteiger partial charge in [-0.25, -0.2) is 0 Å². The number of aliphatic hydroxyl groups excluding tert-OH is 1. The second-order valence-electron chi connectivity index (χ2n) is 4.95. The van der Waals surface area contributed by atoms with Crippen molar-refractivity contribution in [2.75, 3.05) is 26.3 Å². The zero-order chi connectivity index (χ0) is 12.6. The fourth-order valence-electron chi connectivity index (χ4n) is 2.40. The highest BCUT2D eigenvalue weighted by molar-refractivity contribution is 5.27. The van der Waals surface area contributed by atoms with Crippen LogP contribution in [0.15, 0.2) is 24.3 Å². The fraction of sp³-hybridized carbons (Fsp3) is 0.600. The summed E-state index contributed by atoms with van der Waals surface area (Å²) in [4.78, 5) is 0. The van der Waals surface area contributed by atoms with Crippen molar-refractivity contribution >= 4 is 0 Å². The zero-order valence-corrected chi connectivity index (χ0v) is 10.9.